The van der Waals surface area contributed by atoms with E-state index in [4.69, 9.17) is 0 Å². The summed E-state index contributed by atoms with van der Waals surface area (Å²) >= 11 is 0. The topological polar surface area (TPSA) is 75.5 Å². The van der Waals surface area contributed by atoms with Crippen molar-refractivity contribution in [2.75, 3.05) is 18.4 Å². The number of carbonyl (C=O) groups is 1. The van der Waals surface area contributed by atoms with Crippen LogP contribution in [0.15, 0.2) is 48.5 Å². The number of hydrogen-bond donors (Lipinski definition) is 1. The Hall–Kier alpha value is -2.96. The second-order valence-corrected chi connectivity index (χ2v) is 6.32. The van der Waals surface area contributed by atoms with Crippen molar-refractivity contribution in [2.24, 2.45) is 0 Å². The zero-order valence-corrected chi connectivity index (χ0v) is 14.2. The molecule has 3 rings (SSSR count). The molecule has 2 aromatic rings. The standard InChI is InChI=1S/C19H20FN3O3/c20-15-8-9-16(18(13-15)23(25)26)21-17-10-12-22(19(17)24)11-4-7-14-5-2-1-3-6-14/h1-3,5-6,8-9,13,17,21H,4,7,10-12H2. The molecule has 1 heterocycles. The van der Waals surface area contributed by atoms with Gasteiger partial charge in [-0.15, -0.1) is 0 Å². The van der Waals surface area contributed by atoms with E-state index in [1.165, 1.54) is 11.6 Å². The van der Waals surface area contributed by atoms with Crippen molar-refractivity contribution < 1.29 is 14.1 Å². The van der Waals surface area contributed by atoms with Crippen LogP contribution in [0.25, 0.3) is 0 Å². The van der Waals surface area contributed by atoms with E-state index < -0.39 is 16.8 Å². The third-order valence-electron chi connectivity index (χ3n) is 4.52. The highest BCUT2D eigenvalue weighted by atomic mass is 19.1. The maximum Gasteiger partial charge on any atom is 0.295 e. The largest absolute Gasteiger partial charge is 0.368 e. The molecule has 136 valence electrons. The summed E-state index contributed by atoms with van der Waals surface area (Å²) in [6.45, 7) is 1.26. The molecule has 1 N–H and O–H groups in total. The highest BCUT2D eigenvalue weighted by Crippen LogP contribution is 2.27. The molecule has 0 aliphatic carbocycles. The van der Waals surface area contributed by atoms with Crippen molar-refractivity contribution in [3.8, 4) is 0 Å². The number of nitro groups is 1. The van der Waals surface area contributed by atoms with Gasteiger partial charge >= 0.3 is 0 Å². The summed E-state index contributed by atoms with van der Waals surface area (Å²) in [6, 6.07) is 12.9. The van der Waals surface area contributed by atoms with Crippen molar-refractivity contribution in [2.45, 2.75) is 25.3 Å². The molecular formula is C19H20FN3O3. The maximum atomic E-state index is 13.2. The molecule has 1 aliphatic rings. The summed E-state index contributed by atoms with van der Waals surface area (Å²) in [5.74, 6) is -0.751. The van der Waals surface area contributed by atoms with E-state index in [0.29, 0.717) is 19.5 Å². The Kier molecular flexibility index (Phi) is 5.46. The van der Waals surface area contributed by atoms with Gasteiger partial charge in [-0.3, -0.25) is 14.9 Å². The average Bonchev–Trinajstić information content (AvgIpc) is 2.97. The molecule has 1 amide bonds. The van der Waals surface area contributed by atoms with Crippen LogP contribution in [0.5, 0.6) is 0 Å². The van der Waals surface area contributed by atoms with Gasteiger partial charge in [0.05, 0.1) is 11.0 Å². The lowest BCUT2D eigenvalue weighted by atomic mass is 10.1. The van der Waals surface area contributed by atoms with Crippen LogP contribution >= 0.6 is 0 Å². The van der Waals surface area contributed by atoms with E-state index >= 15 is 0 Å². The lowest BCUT2D eigenvalue weighted by Gasteiger charge is -2.17. The fraction of sp³-hybridized carbons (Fsp3) is 0.316. The van der Waals surface area contributed by atoms with Gasteiger partial charge in [-0.1, -0.05) is 30.3 Å². The summed E-state index contributed by atoms with van der Waals surface area (Å²) in [5, 5.41) is 14.0. The summed E-state index contributed by atoms with van der Waals surface area (Å²) in [4.78, 5) is 24.7. The van der Waals surface area contributed by atoms with Crippen LogP contribution in [0, 0.1) is 15.9 Å². The third-order valence-corrected chi connectivity index (χ3v) is 4.52. The minimum Gasteiger partial charge on any atom is -0.368 e. The number of halogens is 1. The summed E-state index contributed by atoms with van der Waals surface area (Å²) in [7, 11) is 0. The lowest BCUT2D eigenvalue weighted by Crippen LogP contribution is -2.34. The molecule has 1 fully saturated rings. The smallest absolute Gasteiger partial charge is 0.295 e. The first kappa shape index (κ1) is 17.8. The molecular weight excluding hydrogens is 337 g/mol. The SMILES string of the molecule is O=C1C(Nc2ccc(F)cc2[N+](=O)[O-])CCN1CCCc1ccccc1. The van der Waals surface area contributed by atoms with Crippen molar-refractivity contribution in [1.29, 1.82) is 0 Å². The number of hydrogen-bond acceptors (Lipinski definition) is 4. The normalized spacial score (nSPS) is 16.7. The number of likely N-dealkylation sites (tertiary alicyclic amines) is 1. The van der Waals surface area contributed by atoms with E-state index in [2.05, 4.69) is 17.4 Å². The average molecular weight is 357 g/mol. The summed E-state index contributed by atoms with van der Waals surface area (Å²) < 4.78 is 13.2. The first-order valence-corrected chi connectivity index (χ1v) is 8.58. The van der Waals surface area contributed by atoms with Crippen LogP contribution < -0.4 is 5.32 Å². The van der Waals surface area contributed by atoms with Crippen LogP contribution in [0.1, 0.15) is 18.4 Å². The zero-order valence-electron chi connectivity index (χ0n) is 14.2. The fourth-order valence-electron chi connectivity index (χ4n) is 3.18. The molecule has 0 saturated carbocycles. The molecule has 1 atom stereocenters. The molecule has 7 heteroatoms. The van der Waals surface area contributed by atoms with Gasteiger partial charge in [-0.2, -0.15) is 0 Å². The van der Waals surface area contributed by atoms with Crippen molar-refractivity contribution in [3.63, 3.8) is 0 Å². The molecule has 1 aliphatic heterocycles. The Bertz CT molecular complexity index is 798. The molecule has 0 radical (unpaired) electrons. The van der Waals surface area contributed by atoms with E-state index in [0.717, 1.165) is 25.0 Å². The molecule has 1 unspecified atom stereocenters. The van der Waals surface area contributed by atoms with Crippen molar-refractivity contribution >= 4 is 17.3 Å². The van der Waals surface area contributed by atoms with E-state index in [1.54, 1.807) is 4.90 Å². The highest BCUT2D eigenvalue weighted by Gasteiger charge is 2.32. The van der Waals surface area contributed by atoms with Gasteiger partial charge in [0.1, 0.15) is 17.5 Å². The molecule has 0 bridgehead atoms. The van der Waals surface area contributed by atoms with Gasteiger partial charge < -0.3 is 10.2 Å². The number of benzene rings is 2. The molecule has 0 spiro atoms. The van der Waals surface area contributed by atoms with Crippen LogP contribution in [0.2, 0.25) is 0 Å². The predicted molar refractivity (Wildman–Crippen MR) is 96.4 cm³/mol. The van der Waals surface area contributed by atoms with Gasteiger partial charge in [0.25, 0.3) is 5.69 Å². The Labute approximate surface area is 150 Å². The Balaban J connectivity index is 1.57. The zero-order chi connectivity index (χ0) is 18.5. The number of nitro benzene ring substituents is 1. The number of aryl methyl sites for hydroxylation is 1. The number of anilines is 1. The number of nitrogens with zero attached hydrogens (tertiary/aromatic N) is 2. The van der Waals surface area contributed by atoms with Gasteiger partial charge in [0, 0.05) is 13.1 Å². The number of carbonyl (C=O) groups excluding carboxylic acids is 1. The van der Waals surface area contributed by atoms with Gasteiger partial charge in [0.2, 0.25) is 5.91 Å². The lowest BCUT2D eigenvalue weighted by molar-refractivity contribution is -0.384. The van der Waals surface area contributed by atoms with Crippen LogP contribution in [-0.2, 0) is 11.2 Å². The predicted octanol–water partition coefficient (Wildman–Crippen LogP) is 3.38. The van der Waals surface area contributed by atoms with Crippen LogP contribution in [0.4, 0.5) is 15.8 Å². The van der Waals surface area contributed by atoms with Crippen molar-refractivity contribution in [3.05, 3.63) is 70.0 Å². The Morgan fingerprint density at radius 2 is 2.00 bits per heavy atom. The van der Waals surface area contributed by atoms with Gasteiger partial charge in [-0.05, 0) is 37.0 Å². The molecule has 6 nitrogen and oxygen atoms in total. The quantitative estimate of drug-likeness (QED) is 0.609. The monoisotopic (exact) mass is 357 g/mol. The van der Waals surface area contributed by atoms with Gasteiger partial charge in [0.15, 0.2) is 0 Å². The molecule has 2 aromatic carbocycles. The Morgan fingerprint density at radius 1 is 1.23 bits per heavy atom. The minimum atomic E-state index is -0.678. The molecule has 0 aromatic heterocycles. The van der Waals surface area contributed by atoms with Crippen LogP contribution in [-0.4, -0.2) is 34.9 Å². The maximum absolute atomic E-state index is 13.2. The van der Waals surface area contributed by atoms with E-state index in [9.17, 15) is 19.3 Å². The van der Waals surface area contributed by atoms with E-state index in [1.807, 2.05) is 18.2 Å². The third kappa shape index (κ3) is 4.17. The minimum absolute atomic E-state index is 0.0725. The number of amides is 1. The summed E-state index contributed by atoms with van der Waals surface area (Å²) in [5.41, 5.74) is 1.04. The summed E-state index contributed by atoms with van der Waals surface area (Å²) in [6.07, 6.45) is 2.32. The molecule has 1 saturated heterocycles. The van der Waals surface area contributed by atoms with Gasteiger partial charge in [-0.25, -0.2) is 4.39 Å². The number of nitrogens with one attached hydrogen (secondary N) is 1. The van der Waals surface area contributed by atoms with E-state index in [-0.39, 0.29) is 17.3 Å². The molecule has 26 heavy (non-hydrogen) atoms. The van der Waals surface area contributed by atoms with Crippen LogP contribution in [0.3, 0.4) is 0 Å². The first-order valence-electron chi connectivity index (χ1n) is 8.58. The second kappa shape index (κ2) is 7.95. The second-order valence-electron chi connectivity index (χ2n) is 6.32. The fourth-order valence-corrected chi connectivity index (χ4v) is 3.18. The number of rotatable bonds is 7. The Morgan fingerprint density at radius 3 is 2.73 bits per heavy atom. The highest BCUT2D eigenvalue weighted by molar-refractivity contribution is 5.87. The first-order chi connectivity index (χ1) is 12.5. The van der Waals surface area contributed by atoms with Crippen molar-refractivity contribution in [1.82, 2.24) is 4.90 Å².